The predicted octanol–water partition coefficient (Wildman–Crippen LogP) is 2.87. The van der Waals surface area contributed by atoms with Crippen LogP contribution in [-0.2, 0) is 23.2 Å². The molecule has 1 heterocycles. The van der Waals surface area contributed by atoms with Gasteiger partial charge >= 0.3 is 7.60 Å². The Morgan fingerprint density at radius 3 is 2.22 bits per heavy atom. The predicted molar refractivity (Wildman–Crippen MR) is 100 cm³/mol. The second-order valence-corrected chi connectivity index (χ2v) is 8.01. The maximum atomic E-state index is 13.0. The Kier molecular flexibility index (Phi) is 7.64. The molecule has 0 radical (unpaired) electrons. The molecule has 0 spiro atoms. The van der Waals surface area contributed by atoms with E-state index in [2.05, 4.69) is 5.32 Å². The zero-order chi connectivity index (χ0) is 20.0. The summed E-state index contributed by atoms with van der Waals surface area (Å²) in [4.78, 5) is 18.2. The zero-order valence-corrected chi connectivity index (χ0v) is 17.2. The van der Waals surface area contributed by atoms with Crippen molar-refractivity contribution in [1.82, 2.24) is 5.06 Å². The summed E-state index contributed by atoms with van der Waals surface area (Å²) in [5.74, 6) is 0.0561. The van der Waals surface area contributed by atoms with E-state index in [9.17, 15) is 9.36 Å². The molecule has 1 amide bonds. The fourth-order valence-electron chi connectivity index (χ4n) is 2.81. The molecule has 27 heavy (non-hydrogen) atoms. The topological polar surface area (TPSA) is 95.6 Å². The third-order valence-electron chi connectivity index (χ3n) is 4.03. The van der Waals surface area contributed by atoms with E-state index in [1.165, 1.54) is 19.3 Å². The number of methoxy groups -OCH3 is 2. The number of hydroxylamine groups is 2. The summed E-state index contributed by atoms with van der Waals surface area (Å²) in [5, 5.41) is 4.15. The highest BCUT2D eigenvalue weighted by Gasteiger charge is 2.48. The van der Waals surface area contributed by atoms with Crippen molar-refractivity contribution in [3.63, 3.8) is 0 Å². The van der Waals surface area contributed by atoms with Gasteiger partial charge in [0.25, 0.3) is 5.91 Å². The van der Waals surface area contributed by atoms with Crippen molar-refractivity contribution in [3.05, 3.63) is 18.2 Å². The Hall–Kier alpha value is -1.64. The normalized spacial score (nSPS) is 20.5. The van der Waals surface area contributed by atoms with Crippen LogP contribution in [0.15, 0.2) is 18.2 Å². The Morgan fingerprint density at radius 2 is 1.74 bits per heavy atom. The first-order valence-corrected chi connectivity index (χ1v) is 10.3. The number of rotatable bonds is 9. The fraction of sp³-hybridized carbons (Fsp3) is 0.588. The minimum absolute atomic E-state index is 0.181. The Balaban J connectivity index is 2.11. The van der Waals surface area contributed by atoms with Crippen LogP contribution in [-0.4, -0.2) is 57.3 Å². The number of amides is 1. The largest absolute Gasteiger partial charge is 0.497 e. The number of anilines is 1. The molecule has 1 aliphatic rings. The third kappa shape index (κ3) is 5.21. The van der Waals surface area contributed by atoms with Gasteiger partial charge in [0.05, 0.1) is 27.4 Å². The van der Waals surface area contributed by atoms with Crippen LogP contribution in [0.4, 0.5) is 5.69 Å². The number of carbonyl (C=O) groups excluding carboxylic acids is 1. The molecule has 1 aliphatic heterocycles. The van der Waals surface area contributed by atoms with Gasteiger partial charge in [0.2, 0.25) is 0 Å². The summed E-state index contributed by atoms with van der Waals surface area (Å²) in [6.45, 7) is 3.95. The molecule has 0 bridgehead atoms. The van der Waals surface area contributed by atoms with Crippen LogP contribution in [0.1, 0.15) is 20.3 Å². The average molecular weight is 402 g/mol. The lowest BCUT2D eigenvalue weighted by atomic mass is 10.2. The quantitative estimate of drug-likeness (QED) is 0.630. The van der Waals surface area contributed by atoms with Gasteiger partial charge in [0.1, 0.15) is 17.3 Å². The highest BCUT2D eigenvalue weighted by molar-refractivity contribution is 7.54. The van der Waals surface area contributed by atoms with Crippen molar-refractivity contribution in [2.45, 2.75) is 32.2 Å². The molecule has 1 saturated heterocycles. The first-order valence-electron chi connectivity index (χ1n) is 8.69. The van der Waals surface area contributed by atoms with Crippen molar-refractivity contribution < 1.29 is 32.7 Å². The van der Waals surface area contributed by atoms with Crippen LogP contribution in [0.5, 0.6) is 11.5 Å². The summed E-state index contributed by atoms with van der Waals surface area (Å²) in [7, 11) is 1.23. The standard InChI is InChI=1S/C17H27N2O7P/c1-6-24-27(21,25-7-2)16-11-15(26-19(16)3)17(20)18-12-8-13(22-4)10-14(9-12)23-5/h8-10,15-16H,6-7,11H2,1-5H3,(H,18,20)/t15-,16+/m1/s1. The lowest BCUT2D eigenvalue weighted by Crippen LogP contribution is -2.28. The zero-order valence-electron chi connectivity index (χ0n) is 16.3. The summed E-state index contributed by atoms with van der Waals surface area (Å²) in [5.41, 5.74) is 0.503. The SMILES string of the molecule is CCOP(=O)(OCC)[C@H]1C[C@H](C(=O)Nc2cc(OC)cc(OC)c2)ON1C. The lowest BCUT2D eigenvalue weighted by molar-refractivity contribution is -0.155. The van der Waals surface area contributed by atoms with Crippen LogP contribution in [0.3, 0.4) is 0 Å². The van der Waals surface area contributed by atoms with E-state index in [-0.39, 0.29) is 25.5 Å². The van der Waals surface area contributed by atoms with Gasteiger partial charge in [0, 0.05) is 37.4 Å². The lowest BCUT2D eigenvalue weighted by Gasteiger charge is -2.25. The molecule has 152 valence electrons. The van der Waals surface area contributed by atoms with Crippen molar-refractivity contribution in [2.75, 3.05) is 39.8 Å². The number of hydrogen-bond acceptors (Lipinski definition) is 8. The average Bonchev–Trinajstić information content (AvgIpc) is 3.04. The number of ether oxygens (including phenoxy) is 2. The van der Waals surface area contributed by atoms with Gasteiger partial charge in [-0.25, -0.2) is 0 Å². The number of nitrogens with zero attached hydrogens (tertiary/aromatic N) is 1. The molecular formula is C17H27N2O7P. The van der Waals surface area contributed by atoms with E-state index < -0.39 is 19.5 Å². The molecule has 9 nitrogen and oxygen atoms in total. The fourth-order valence-corrected chi connectivity index (χ4v) is 4.85. The van der Waals surface area contributed by atoms with Crippen LogP contribution >= 0.6 is 7.60 Å². The van der Waals surface area contributed by atoms with E-state index in [1.807, 2.05) is 0 Å². The van der Waals surface area contributed by atoms with Gasteiger partial charge in [-0.15, -0.1) is 0 Å². The van der Waals surface area contributed by atoms with Gasteiger partial charge in [-0.1, -0.05) is 0 Å². The highest BCUT2D eigenvalue weighted by atomic mass is 31.2. The molecule has 1 fully saturated rings. The van der Waals surface area contributed by atoms with Gasteiger partial charge < -0.3 is 23.8 Å². The molecule has 1 N–H and O–H groups in total. The van der Waals surface area contributed by atoms with Crippen molar-refractivity contribution >= 4 is 19.2 Å². The summed E-state index contributed by atoms with van der Waals surface area (Å²) < 4.78 is 34.1. The Morgan fingerprint density at radius 1 is 1.19 bits per heavy atom. The molecule has 0 aliphatic carbocycles. The first kappa shape index (κ1) is 21.7. The van der Waals surface area contributed by atoms with Crippen LogP contribution in [0.2, 0.25) is 0 Å². The second-order valence-electron chi connectivity index (χ2n) is 5.82. The van der Waals surface area contributed by atoms with Gasteiger partial charge in [-0.3, -0.25) is 14.2 Å². The van der Waals surface area contributed by atoms with Crippen LogP contribution in [0.25, 0.3) is 0 Å². The molecule has 0 aromatic heterocycles. The maximum Gasteiger partial charge on any atom is 0.350 e. The van der Waals surface area contributed by atoms with Gasteiger partial charge in [-0.05, 0) is 13.8 Å². The van der Waals surface area contributed by atoms with E-state index in [0.29, 0.717) is 17.2 Å². The first-order chi connectivity index (χ1) is 12.9. The number of benzene rings is 1. The number of carbonyl (C=O) groups is 1. The molecule has 1 aromatic carbocycles. The smallest absolute Gasteiger partial charge is 0.350 e. The van der Waals surface area contributed by atoms with Crippen LogP contribution in [0, 0.1) is 0 Å². The molecule has 0 saturated carbocycles. The van der Waals surface area contributed by atoms with Gasteiger partial charge in [0.15, 0.2) is 6.10 Å². The molecular weight excluding hydrogens is 375 g/mol. The van der Waals surface area contributed by atoms with Crippen molar-refractivity contribution in [1.29, 1.82) is 0 Å². The number of hydrogen-bond donors (Lipinski definition) is 1. The van der Waals surface area contributed by atoms with Crippen molar-refractivity contribution in [3.8, 4) is 11.5 Å². The van der Waals surface area contributed by atoms with E-state index >= 15 is 0 Å². The van der Waals surface area contributed by atoms with Crippen molar-refractivity contribution in [2.24, 2.45) is 0 Å². The third-order valence-corrected chi connectivity index (χ3v) is 6.53. The minimum atomic E-state index is -3.43. The van der Waals surface area contributed by atoms with E-state index in [4.69, 9.17) is 23.4 Å². The maximum absolute atomic E-state index is 13.0. The number of nitrogens with one attached hydrogen (secondary N) is 1. The summed E-state index contributed by atoms with van der Waals surface area (Å²) in [6.07, 6.45) is -0.646. The van der Waals surface area contributed by atoms with E-state index in [0.717, 1.165) is 0 Å². The minimum Gasteiger partial charge on any atom is -0.497 e. The summed E-state index contributed by atoms with van der Waals surface area (Å²) in [6, 6.07) is 5.04. The molecule has 2 atom stereocenters. The molecule has 2 rings (SSSR count). The Bertz CT molecular complexity index is 668. The monoisotopic (exact) mass is 402 g/mol. The second kappa shape index (κ2) is 9.52. The van der Waals surface area contributed by atoms with E-state index in [1.54, 1.807) is 39.1 Å². The molecule has 10 heteroatoms. The summed E-state index contributed by atoms with van der Waals surface area (Å²) >= 11 is 0. The molecule has 1 aromatic rings. The van der Waals surface area contributed by atoms with Gasteiger partial charge in [-0.2, -0.15) is 5.06 Å². The van der Waals surface area contributed by atoms with Crippen LogP contribution < -0.4 is 14.8 Å². The highest BCUT2D eigenvalue weighted by Crippen LogP contribution is 2.57. The molecule has 0 unspecified atom stereocenters. The Labute approximate surface area is 159 Å².